The van der Waals surface area contributed by atoms with Crippen LogP contribution in [0, 0.1) is 11.3 Å². The summed E-state index contributed by atoms with van der Waals surface area (Å²) in [4.78, 5) is 14.1. The second-order valence-corrected chi connectivity index (χ2v) is 16.9. The quantitative estimate of drug-likeness (QED) is 0.394. The Morgan fingerprint density at radius 1 is 1.23 bits per heavy atom. The molecule has 1 saturated carbocycles. The van der Waals surface area contributed by atoms with Gasteiger partial charge >= 0.3 is 0 Å². The van der Waals surface area contributed by atoms with Crippen molar-refractivity contribution in [2.75, 3.05) is 0 Å². The predicted molar refractivity (Wildman–Crippen MR) is 132 cm³/mol. The standard InChI is InChI=1S/C27H39NO2Si/c1-11-27(7)21(30-31(9,10)25(2,3)4)15-18-24(29)23(27)17-13-12-14-20-22(17)19(16-28(20)8)26(18,5)6/h11-14,16,18,21,23H,1,15H2,2-10H3/t18-,21-,23-,27+/m0/s1. The van der Waals surface area contributed by atoms with Crippen molar-refractivity contribution in [2.24, 2.45) is 18.4 Å². The minimum absolute atomic E-state index is 0.0223. The summed E-state index contributed by atoms with van der Waals surface area (Å²) < 4.78 is 9.31. The lowest BCUT2D eigenvalue weighted by Crippen LogP contribution is -2.56. The van der Waals surface area contributed by atoms with Gasteiger partial charge < -0.3 is 8.99 Å². The number of carbonyl (C=O) groups excluding carboxylic acids is 1. The molecule has 0 saturated heterocycles. The maximum atomic E-state index is 14.1. The fourth-order valence-corrected chi connectivity index (χ4v) is 7.18. The first-order valence-electron chi connectivity index (χ1n) is 11.6. The predicted octanol–water partition coefficient (Wildman–Crippen LogP) is 6.72. The highest BCUT2D eigenvalue weighted by atomic mass is 28.4. The summed E-state index contributed by atoms with van der Waals surface area (Å²) in [5, 5.41) is 1.37. The number of rotatable bonds is 3. The SMILES string of the molecule is C=C[C@]1(C)[C@@H](O[Si](C)(C)C(C)(C)C)C[C@H]2C(=O)[C@@H]1c1cccc3c1c(cn3C)C2(C)C. The van der Waals surface area contributed by atoms with E-state index in [-0.39, 0.29) is 28.4 Å². The molecule has 4 heteroatoms. The summed E-state index contributed by atoms with van der Waals surface area (Å²) in [6.45, 7) is 22.4. The fraction of sp³-hybridized carbons (Fsp3) is 0.593. The van der Waals surface area contributed by atoms with Gasteiger partial charge in [0.1, 0.15) is 5.78 Å². The first kappa shape index (κ1) is 22.5. The average Bonchev–Trinajstić information content (AvgIpc) is 2.99. The van der Waals surface area contributed by atoms with Gasteiger partial charge in [-0.25, -0.2) is 0 Å². The van der Waals surface area contributed by atoms with E-state index in [0.29, 0.717) is 5.78 Å². The van der Waals surface area contributed by atoms with Crippen molar-refractivity contribution in [2.45, 2.75) is 83.5 Å². The number of carbonyl (C=O) groups is 1. The van der Waals surface area contributed by atoms with E-state index >= 15 is 0 Å². The molecule has 2 aliphatic rings. The Bertz CT molecular complexity index is 1070. The smallest absolute Gasteiger partial charge is 0.192 e. The average molecular weight is 438 g/mol. The monoisotopic (exact) mass is 437 g/mol. The van der Waals surface area contributed by atoms with E-state index in [4.69, 9.17) is 4.43 Å². The molecule has 1 heterocycles. The number of hydrogen-bond acceptors (Lipinski definition) is 2. The molecule has 0 spiro atoms. The number of fused-ring (bicyclic) bond motifs is 3. The van der Waals surface area contributed by atoms with Crippen molar-refractivity contribution in [1.82, 2.24) is 4.57 Å². The highest BCUT2D eigenvalue weighted by Crippen LogP contribution is 2.59. The third kappa shape index (κ3) is 2.97. The lowest BCUT2D eigenvalue weighted by Gasteiger charge is -2.52. The number of hydrogen-bond donors (Lipinski definition) is 0. The van der Waals surface area contributed by atoms with Crippen LogP contribution in [0.15, 0.2) is 37.1 Å². The van der Waals surface area contributed by atoms with Crippen molar-refractivity contribution in [3.8, 4) is 0 Å². The molecule has 0 radical (unpaired) electrons. The van der Waals surface area contributed by atoms with E-state index in [0.717, 1.165) is 12.0 Å². The maximum Gasteiger partial charge on any atom is 0.192 e. The largest absolute Gasteiger partial charge is 0.413 e. The Morgan fingerprint density at radius 2 is 1.87 bits per heavy atom. The molecule has 4 rings (SSSR count). The van der Waals surface area contributed by atoms with Crippen LogP contribution in [0.25, 0.3) is 10.9 Å². The molecule has 1 fully saturated rings. The third-order valence-corrected chi connectivity index (χ3v) is 13.5. The summed E-state index contributed by atoms with van der Waals surface area (Å²) in [5.41, 5.74) is 2.96. The first-order valence-corrected chi connectivity index (χ1v) is 14.5. The van der Waals surface area contributed by atoms with E-state index in [1.807, 2.05) is 6.08 Å². The molecule has 0 aliphatic heterocycles. The zero-order valence-electron chi connectivity index (χ0n) is 20.8. The van der Waals surface area contributed by atoms with Crippen molar-refractivity contribution in [1.29, 1.82) is 0 Å². The zero-order chi connectivity index (χ0) is 23.1. The molecule has 3 nitrogen and oxygen atoms in total. The van der Waals surface area contributed by atoms with Gasteiger partial charge in [-0.3, -0.25) is 4.79 Å². The summed E-state index contributed by atoms with van der Waals surface area (Å²) in [6, 6.07) is 6.44. The molecule has 1 aromatic carbocycles. The summed E-state index contributed by atoms with van der Waals surface area (Å²) in [6.07, 6.45) is 4.99. The van der Waals surface area contributed by atoms with Crippen LogP contribution in [0.4, 0.5) is 0 Å². The number of aromatic nitrogens is 1. The van der Waals surface area contributed by atoms with E-state index in [1.165, 1.54) is 16.5 Å². The number of aryl methyl sites for hydroxylation is 1. The molecule has 0 unspecified atom stereocenters. The van der Waals surface area contributed by atoms with Gasteiger partial charge in [0.25, 0.3) is 0 Å². The third-order valence-electron chi connectivity index (χ3n) is 9.00. The summed E-state index contributed by atoms with van der Waals surface area (Å²) >= 11 is 0. The van der Waals surface area contributed by atoms with Gasteiger partial charge in [0, 0.05) is 40.9 Å². The molecular weight excluding hydrogens is 398 g/mol. The van der Waals surface area contributed by atoms with Gasteiger partial charge in [-0.05, 0) is 41.7 Å². The first-order chi connectivity index (χ1) is 14.2. The fourth-order valence-electron chi connectivity index (χ4n) is 5.76. The van der Waals surface area contributed by atoms with Crippen LogP contribution in [0.2, 0.25) is 18.1 Å². The molecule has 2 aromatic rings. The molecule has 0 amide bonds. The van der Waals surface area contributed by atoms with Crippen LogP contribution in [-0.4, -0.2) is 24.8 Å². The Morgan fingerprint density at radius 3 is 2.45 bits per heavy atom. The number of Topliss-reactive ketones (excluding diaryl/α,β-unsaturated/α-hetero) is 1. The van der Waals surface area contributed by atoms with Crippen LogP contribution in [0.3, 0.4) is 0 Å². The van der Waals surface area contributed by atoms with Crippen molar-refractivity contribution in [3.63, 3.8) is 0 Å². The lowest BCUT2D eigenvalue weighted by molar-refractivity contribution is -0.137. The number of benzene rings is 1. The van der Waals surface area contributed by atoms with Crippen LogP contribution in [-0.2, 0) is 21.7 Å². The molecule has 4 atom stereocenters. The Balaban J connectivity index is 1.98. The normalized spacial score (nSPS) is 30.4. The van der Waals surface area contributed by atoms with Crippen molar-refractivity contribution < 1.29 is 9.22 Å². The second kappa shape index (κ2) is 6.68. The van der Waals surface area contributed by atoms with Crippen molar-refractivity contribution >= 4 is 25.0 Å². The molecule has 1 aromatic heterocycles. The Labute approximate surface area is 189 Å². The number of nitrogens with zero attached hydrogens (tertiary/aromatic N) is 1. The highest BCUT2D eigenvalue weighted by molar-refractivity contribution is 6.74. The van der Waals surface area contributed by atoms with Crippen LogP contribution < -0.4 is 0 Å². The topological polar surface area (TPSA) is 31.2 Å². The highest BCUT2D eigenvalue weighted by Gasteiger charge is 2.59. The van der Waals surface area contributed by atoms with Crippen molar-refractivity contribution in [3.05, 3.63) is 48.2 Å². The van der Waals surface area contributed by atoms with Gasteiger partial charge in [0.05, 0.1) is 12.0 Å². The zero-order valence-corrected chi connectivity index (χ0v) is 21.8. The van der Waals surface area contributed by atoms with E-state index in [2.05, 4.69) is 97.2 Å². The minimum Gasteiger partial charge on any atom is -0.413 e. The summed E-state index contributed by atoms with van der Waals surface area (Å²) in [7, 11) is 0.0836. The van der Waals surface area contributed by atoms with Gasteiger partial charge in [0.15, 0.2) is 8.32 Å². The molecule has 2 aliphatic carbocycles. The van der Waals surface area contributed by atoms with E-state index in [9.17, 15) is 4.79 Å². The Kier molecular flexibility index (Phi) is 4.85. The lowest BCUT2D eigenvalue weighted by atomic mass is 9.56. The molecule has 31 heavy (non-hydrogen) atoms. The van der Waals surface area contributed by atoms with Gasteiger partial charge in [-0.2, -0.15) is 0 Å². The van der Waals surface area contributed by atoms with E-state index in [1.54, 1.807) is 0 Å². The van der Waals surface area contributed by atoms with Crippen LogP contribution >= 0.6 is 0 Å². The molecule has 168 valence electrons. The molecule has 0 N–H and O–H groups in total. The van der Waals surface area contributed by atoms with E-state index < -0.39 is 13.7 Å². The summed E-state index contributed by atoms with van der Waals surface area (Å²) in [5.74, 6) is 0.0530. The minimum atomic E-state index is -2.03. The van der Waals surface area contributed by atoms with Crippen LogP contribution in [0.1, 0.15) is 65.0 Å². The molecule has 2 bridgehead atoms. The maximum absolute atomic E-state index is 14.1. The number of ketones is 1. The van der Waals surface area contributed by atoms with Gasteiger partial charge in [-0.1, -0.05) is 59.8 Å². The second-order valence-electron chi connectivity index (χ2n) is 12.2. The van der Waals surface area contributed by atoms with Gasteiger partial charge in [-0.15, -0.1) is 6.58 Å². The van der Waals surface area contributed by atoms with Gasteiger partial charge in [0.2, 0.25) is 0 Å². The van der Waals surface area contributed by atoms with Crippen LogP contribution in [0.5, 0.6) is 0 Å². The Hall–Kier alpha value is -1.65. The molecular formula is C27H39NO2Si.